The van der Waals surface area contributed by atoms with Gasteiger partial charge in [0.25, 0.3) is 0 Å². The number of H-pyrrole nitrogens is 1. The highest BCUT2D eigenvalue weighted by molar-refractivity contribution is 5.82. The van der Waals surface area contributed by atoms with Gasteiger partial charge < -0.3 is 19.8 Å². The summed E-state index contributed by atoms with van der Waals surface area (Å²) in [6.07, 6.45) is -1.13. The van der Waals surface area contributed by atoms with Gasteiger partial charge in [-0.3, -0.25) is 10.1 Å². The largest absolute Gasteiger partial charge is 0.573 e. The molecule has 2 aliphatic heterocycles. The lowest BCUT2D eigenvalue weighted by atomic mass is 9.80. The van der Waals surface area contributed by atoms with Crippen LogP contribution in [0.1, 0.15) is 29.8 Å². The molecule has 4 rings (SSSR count). The highest BCUT2D eigenvalue weighted by atomic mass is 19.4. The Bertz CT molecular complexity index is 860. The number of fused-ring (bicyclic) bond motifs is 2. The van der Waals surface area contributed by atoms with E-state index in [2.05, 4.69) is 25.3 Å². The van der Waals surface area contributed by atoms with E-state index in [0.717, 1.165) is 24.2 Å². The van der Waals surface area contributed by atoms with Crippen molar-refractivity contribution in [2.75, 3.05) is 13.2 Å². The van der Waals surface area contributed by atoms with E-state index in [1.165, 1.54) is 24.3 Å². The van der Waals surface area contributed by atoms with Gasteiger partial charge in [-0.25, -0.2) is 4.98 Å². The van der Waals surface area contributed by atoms with Gasteiger partial charge in [0.05, 0.1) is 23.6 Å². The van der Waals surface area contributed by atoms with Crippen LogP contribution < -0.4 is 15.4 Å². The van der Waals surface area contributed by atoms with E-state index < -0.39 is 12.4 Å². The summed E-state index contributed by atoms with van der Waals surface area (Å²) in [6.45, 7) is 1.40. The third-order valence-corrected chi connectivity index (χ3v) is 5.32. The second kappa shape index (κ2) is 7.68. The number of imidazole rings is 1. The Kier molecular flexibility index (Phi) is 5.22. The highest BCUT2D eigenvalue weighted by Crippen LogP contribution is 2.36. The molecule has 1 aromatic heterocycles. The fourth-order valence-corrected chi connectivity index (χ4v) is 3.93. The van der Waals surface area contributed by atoms with Gasteiger partial charge in [0, 0.05) is 31.9 Å². The minimum atomic E-state index is -4.73. The predicted molar refractivity (Wildman–Crippen MR) is 95.9 cm³/mol. The zero-order valence-corrected chi connectivity index (χ0v) is 15.5. The van der Waals surface area contributed by atoms with Crippen LogP contribution in [0.3, 0.4) is 0 Å². The van der Waals surface area contributed by atoms with Gasteiger partial charge in [-0.1, -0.05) is 12.1 Å². The lowest BCUT2D eigenvalue weighted by Crippen LogP contribution is -2.59. The quantitative estimate of drug-likeness (QED) is 0.719. The summed E-state index contributed by atoms with van der Waals surface area (Å²) in [5.41, 5.74) is 2.18. The molecule has 29 heavy (non-hydrogen) atoms. The standard InChI is InChI=1S/C19H21F3N4O3/c20-19(21,22)29-13-3-1-12(2-4-13)10-23-17(27)15-9-14-16(25-11-24-14)18(26-15)5-7-28-8-6-18/h1-4,11,15,26H,5-10H2,(H,23,27)(H,24,25)/t15-/m0/s1. The zero-order chi connectivity index (χ0) is 20.5. The van der Waals surface area contributed by atoms with Crippen LogP contribution in [0.15, 0.2) is 30.6 Å². The van der Waals surface area contributed by atoms with Gasteiger partial charge in [-0.2, -0.15) is 0 Å². The molecule has 0 aliphatic carbocycles. The van der Waals surface area contributed by atoms with Gasteiger partial charge >= 0.3 is 6.36 Å². The Morgan fingerprint density at radius 2 is 2.00 bits per heavy atom. The van der Waals surface area contributed by atoms with Crippen molar-refractivity contribution in [3.8, 4) is 5.75 Å². The molecule has 0 radical (unpaired) electrons. The van der Waals surface area contributed by atoms with Crippen LogP contribution in [-0.4, -0.2) is 41.5 Å². The van der Waals surface area contributed by atoms with E-state index in [4.69, 9.17) is 4.74 Å². The van der Waals surface area contributed by atoms with E-state index in [1.54, 1.807) is 6.33 Å². The maximum atomic E-state index is 12.8. The number of alkyl halides is 3. The summed E-state index contributed by atoms with van der Waals surface area (Å²) >= 11 is 0. The highest BCUT2D eigenvalue weighted by Gasteiger charge is 2.44. The molecule has 3 heterocycles. The molecule has 1 atom stereocenters. The van der Waals surface area contributed by atoms with Crippen LogP contribution in [0.2, 0.25) is 0 Å². The van der Waals surface area contributed by atoms with Crippen LogP contribution in [-0.2, 0) is 28.0 Å². The molecule has 3 N–H and O–H groups in total. The minimum Gasteiger partial charge on any atom is -0.406 e. The van der Waals surface area contributed by atoms with Crippen molar-refractivity contribution in [3.63, 3.8) is 0 Å². The molecular weight excluding hydrogens is 389 g/mol. The van der Waals surface area contributed by atoms with Gasteiger partial charge in [-0.05, 0) is 30.5 Å². The van der Waals surface area contributed by atoms with E-state index in [-0.39, 0.29) is 23.7 Å². The second-order valence-corrected chi connectivity index (χ2v) is 7.23. The fourth-order valence-electron chi connectivity index (χ4n) is 3.93. The Morgan fingerprint density at radius 3 is 2.69 bits per heavy atom. The summed E-state index contributed by atoms with van der Waals surface area (Å²) in [6, 6.07) is 4.99. The number of halogens is 3. The van der Waals surface area contributed by atoms with Crippen LogP contribution >= 0.6 is 0 Å². The Balaban J connectivity index is 1.39. The first-order valence-corrected chi connectivity index (χ1v) is 9.35. The number of nitrogens with one attached hydrogen (secondary N) is 3. The first-order valence-electron chi connectivity index (χ1n) is 9.35. The van der Waals surface area contributed by atoms with E-state index in [9.17, 15) is 18.0 Å². The van der Waals surface area contributed by atoms with Crippen LogP contribution in [0.25, 0.3) is 0 Å². The summed E-state index contributed by atoms with van der Waals surface area (Å²) in [7, 11) is 0. The summed E-state index contributed by atoms with van der Waals surface area (Å²) in [5, 5.41) is 6.31. The average molecular weight is 410 g/mol. The molecule has 1 amide bonds. The van der Waals surface area contributed by atoms with Crippen LogP contribution in [0.4, 0.5) is 13.2 Å². The predicted octanol–water partition coefficient (Wildman–Crippen LogP) is 2.14. The molecule has 0 bridgehead atoms. The molecule has 2 aromatic rings. The third-order valence-electron chi connectivity index (χ3n) is 5.32. The molecule has 0 saturated carbocycles. The number of carbonyl (C=O) groups excluding carboxylic acids is 1. The lowest BCUT2D eigenvalue weighted by Gasteiger charge is -2.43. The van der Waals surface area contributed by atoms with Gasteiger partial charge in [0.15, 0.2) is 0 Å². The van der Waals surface area contributed by atoms with Crippen molar-refractivity contribution in [2.24, 2.45) is 0 Å². The van der Waals surface area contributed by atoms with Crippen LogP contribution in [0.5, 0.6) is 5.75 Å². The number of nitrogens with zero attached hydrogens (tertiary/aromatic N) is 1. The third kappa shape index (κ3) is 4.38. The number of aromatic nitrogens is 2. The maximum Gasteiger partial charge on any atom is 0.573 e. The van der Waals surface area contributed by atoms with Gasteiger partial charge in [0.2, 0.25) is 5.91 Å². The monoisotopic (exact) mass is 410 g/mol. The first-order chi connectivity index (χ1) is 13.8. The number of ether oxygens (including phenoxy) is 2. The van der Waals surface area contributed by atoms with Crippen molar-refractivity contribution in [2.45, 2.75) is 43.8 Å². The molecule has 1 aromatic carbocycles. The van der Waals surface area contributed by atoms with Gasteiger partial charge in [0.1, 0.15) is 5.75 Å². The van der Waals surface area contributed by atoms with Gasteiger partial charge in [-0.15, -0.1) is 13.2 Å². The van der Waals surface area contributed by atoms with Crippen molar-refractivity contribution < 1.29 is 27.4 Å². The average Bonchev–Trinajstić information content (AvgIpc) is 3.16. The number of benzene rings is 1. The van der Waals surface area contributed by atoms with Crippen molar-refractivity contribution >= 4 is 5.91 Å². The maximum absolute atomic E-state index is 12.8. The van der Waals surface area contributed by atoms with E-state index >= 15 is 0 Å². The Hall–Kier alpha value is -2.59. The molecule has 2 aliphatic rings. The van der Waals surface area contributed by atoms with E-state index in [1.807, 2.05) is 0 Å². The number of rotatable bonds is 4. The van der Waals surface area contributed by atoms with E-state index in [0.29, 0.717) is 25.2 Å². The van der Waals surface area contributed by atoms with Crippen LogP contribution in [0, 0.1) is 0 Å². The minimum absolute atomic E-state index is 0.174. The molecular formula is C19H21F3N4O3. The Morgan fingerprint density at radius 1 is 1.28 bits per heavy atom. The molecule has 1 spiro atoms. The molecule has 1 saturated heterocycles. The molecule has 1 fully saturated rings. The molecule has 10 heteroatoms. The SMILES string of the molecule is O=C(NCc1ccc(OC(F)(F)F)cc1)[C@@H]1Cc2[nH]cnc2C2(CCOCC2)N1. The number of carbonyl (C=O) groups is 1. The summed E-state index contributed by atoms with van der Waals surface area (Å²) < 4.78 is 46.0. The number of hydrogen-bond acceptors (Lipinski definition) is 5. The summed E-state index contributed by atoms with van der Waals surface area (Å²) in [5.74, 6) is -0.471. The topological polar surface area (TPSA) is 88.3 Å². The molecule has 7 nitrogen and oxygen atoms in total. The smallest absolute Gasteiger partial charge is 0.406 e. The normalized spacial score (nSPS) is 20.9. The van der Waals surface area contributed by atoms with Crippen molar-refractivity contribution in [3.05, 3.63) is 47.5 Å². The Labute approximate surface area is 165 Å². The second-order valence-electron chi connectivity index (χ2n) is 7.23. The summed E-state index contributed by atoms with van der Waals surface area (Å²) in [4.78, 5) is 20.4. The number of hydrogen-bond donors (Lipinski definition) is 3. The zero-order valence-electron chi connectivity index (χ0n) is 15.5. The molecule has 156 valence electrons. The number of amides is 1. The lowest BCUT2D eigenvalue weighted by molar-refractivity contribution is -0.274. The molecule has 0 unspecified atom stereocenters. The fraction of sp³-hybridized carbons (Fsp3) is 0.474. The number of aromatic amines is 1. The van der Waals surface area contributed by atoms with Crippen molar-refractivity contribution in [1.29, 1.82) is 0 Å². The van der Waals surface area contributed by atoms with Crippen molar-refractivity contribution in [1.82, 2.24) is 20.6 Å². The first kappa shape index (κ1) is 19.7.